The van der Waals surface area contributed by atoms with Gasteiger partial charge in [0.05, 0.1) is 10.6 Å². The number of rotatable bonds is 7. The molecule has 0 heterocycles. The SMILES string of the molecule is CC(N)CCNC(=O)c1cccc(S(=O)(=O)N(C)c2cccc(Cl)c2)c1.Cl. The van der Waals surface area contributed by atoms with Gasteiger partial charge in [-0.15, -0.1) is 12.4 Å². The number of carbonyl (C=O) groups is 1. The second-order valence-electron chi connectivity index (χ2n) is 6.00. The monoisotopic (exact) mass is 431 g/mol. The summed E-state index contributed by atoms with van der Waals surface area (Å²) < 4.78 is 26.8. The number of amides is 1. The molecule has 1 amide bonds. The van der Waals surface area contributed by atoms with E-state index in [1.54, 1.807) is 36.4 Å². The Balaban J connectivity index is 0.00000364. The Morgan fingerprint density at radius 1 is 1.22 bits per heavy atom. The average Bonchev–Trinajstić information content (AvgIpc) is 2.60. The summed E-state index contributed by atoms with van der Waals surface area (Å²) in [5.41, 5.74) is 6.36. The van der Waals surface area contributed by atoms with Crippen molar-refractivity contribution in [1.29, 1.82) is 0 Å². The Kier molecular flexibility index (Phi) is 8.56. The molecule has 0 bridgehead atoms. The Bertz CT molecular complexity index is 889. The molecule has 27 heavy (non-hydrogen) atoms. The summed E-state index contributed by atoms with van der Waals surface area (Å²) >= 11 is 5.94. The van der Waals surface area contributed by atoms with Crippen LogP contribution in [0.2, 0.25) is 5.02 Å². The normalized spacial score (nSPS) is 12.0. The Morgan fingerprint density at radius 2 is 1.89 bits per heavy atom. The van der Waals surface area contributed by atoms with Gasteiger partial charge in [0.1, 0.15) is 0 Å². The van der Waals surface area contributed by atoms with Crippen molar-refractivity contribution >= 4 is 45.6 Å². The first-order valence-electron chi connectivity index (χ1n) is 8.10. The Hall–Kier alpha value is -1.80. The number of hydrogen-bond donors (Lipinski definition) is 2. The lowest BCUT2D eigenvalue weighted by Gasteiger charge is -2.20. The number of nitrogens with two attached hydrogens (primary N) is 1. The molecule has 2 rings (SSSR count). The van der Waals surface area contributed by atoms with Gasteiger partial charge in [0.2, 0.25) is 0 Å². The minimum atomic E-state index is -3.82. The van der Waals surface area contributed by atoms with Crippen molar-refractivity contribution in [2.24, 2.45) is 5.73 Å². The summed E-state index contributed by atoms with van der Waals surface area (Å²) in [4.78, 5) is 12.2. The molecule has 0 saturated heterocycles. The van der Waals surface area contributed by atoms with Gasteiger partial charge in [-0.3, -0.25) is 9.10 Å². The minimum Gasteiger partial charge on any atom is -0.352 e. The molecule has 0 aliphatic carbocycles. The highest BCUT2D eigenvalue weighted by Gasteiger charge is 2.22. The van der Waals surface area contributed by atoms with Crippen molar-refractivity contribution in [1.82, 2.24) is 5.32 Å². The zero-order valence-corrected chi connectivity index (χ0v) is 17.4. The Morgan fingerprint density at radius 3 is 2.52 bits per heavy atom. The number of nitrogens with one attached hydrogen (secondary N) is 1. The molecule has 2 aromatic carbocycles. The lowest BCUT2D eigenvalue weighted by Crippen LogP contribution is -2.29. The molecule has 6 nitrogen and oxygen atoms in total. The topological polar surface area (TPSA) is 92.5 Å². The number of carbonyl (C=O) groups excluding carboxylic acids is 1. The van der Waals surface area contributed by atoms with E-state index in [0.29, 0.717) is 23.7 Å². The van der Waals surface area contributed by atoms with Crippen LogP contribution in [0.5, 0.6) is 0 Å². The molecule has 2 aromatic rings. The number of hydrogen-bond acceptors (Lipinski definition) is 4. The highest BCUT2D eigenvalue weighted by atomic mass is 35.5. The number of sulfonamides is 1. The van der Waals surface area contributed by atoms with Crippen molar-refractivity contribution in [3.05, 3.63) is 59.1 Å². The molecular weight excluding hydrogens is 409 g/mol. The summed E-state index contributed by atoms with van der Waals surface area (Å²) in [6.45, 7) is 2.28. The predicted molar refractivity (Wildman–Crippen MR) is 111 cm³/mol. The molecule has 0 aliphatic heterocycles. The minimum absolute atomic E-state index is 0. The van der Waals surface area contributed by atoms with Crippen LogP contribution < -0.4 is 15.4 Å². The van der Waals surface area contributed by atoms with E-state index in [2.05, 4.69) is 5.32 Å². The molecule has 0 aromatic heterocycles. The predicted octanol–water partition coefficient (Wildman–Crippen LogP) is 3.05. The first-order valence-corrected chi connectivity index (χ1v) is 9.92. The van der Waals surface area contributed by atoms with Gasteiger partial charge in [-0.1, -0.05) is 23.7 Å². The van der Waals surface area contributed by atoms with Crippen LogP contribution in [0.3, 0.4) is 0 Å². The number of anilines is 1. The third-order valence-corrected chi connectivity index (χ3v) is 5.83. The molecule has 148 valence electrons. The molecule has 3 N–H and O–H groups in total. The van der Waals surface area contributed by atoms with Crippen LogP contribution in [-0.4, -0.2) is 34.0 Å². The second kappa shape index (κ2) is 9.94. The maximum atomic E-state index is 12.9. The van der Waals surface area contributed by atoms with E-state index in [-0.39, 0.29) is 34.8 Å². The van der Waals surface area contributed by atoms with E-state index in [1.165, 1.54) is 19.2 Å². The van der Waals surface area contributed by atoms with E-state index in [4.69, 9.17) is 17.3 Å². The molecule has 9 heteroatoms. The smallest absolute Gasteiger partial charge is 0.264 e. The largest absolute Gasteiger partial charge is 0.352 e. The van der Waals surface area contributed by atoms with E-state index < -0.39 is 10.0 Å². The van der Waals surface area contributed by atoms with Crippen molar-refractivity contribution in [3.8, 4) is 0 Å². The van der Waals surface area contributed by atoms with E-state index >= 15 is 0 Å². The van der Waals surface area contributed by atoms with Crippen LogP contribution in [0.25, 0.3) is 0 Å². The van der Waals surface area contributed by atoms with E-state index in [1.807, 2.05) is 6.92 Å². The van der Waals surface area contributed by atoms with E-state index in [0.717, 1.165) is 4.31 Å². The second-order valence-corrected chi connectivity index (χ2v) is 8.41. The van der Waals surface area contributed by atoms with Crippen LogP contribution in [0.1, 0.15) is 23.7 Å². The number of nitrogens with zero attached hydrogens (tertiary/aromatic N) is 1. The van der Waals surface area contributed by atoms with Gasteiger partial charge in [0, 0.05) is 30.2 Å². The summed E-state index contributed by atoms with van der Waals surface area (Å²) in [6, 6.07) is 12.4. The average molecular weight is 432 g/mol. The fourth-order valence-electron chi connectivity index (χ4n) is 2.28. The van der Waals surface area contributed by atoms with Crippen LogP contribution in [0.15, 0.2) is 53.4 Å². The lowest BCUT2D eigenvalue weighted by atomic mass is 10.2. The van der Waals surface area contributed by atoms with Crippen molar-refractivity contribution in [2.75, 3.05) is 17.9 Å². The van der Waals surface area contributed by atoms with Crippen molar-refractivity contribution in [2.45, 2.75) is 24.3 Å². The fourth-order valence-corrected chi connectivity index (χ4v) is 3.70. The third kappa shape index (κ3) is 6.10. The van der Waals surface area contributed by atoms with Crippen molar-refractivity contribution in [3.63, 3.8) is 0 Å². The molecule has 0 radical (unpaired) electrons. The zero-order chi connectivity index (χ0) is 19.3. The maximum Gasteiger partial charge on any atom is 0.264 e. The standard InChI is InChI=1S/C18H22ClN3O3S.ClH/c1-13(20)9-10-21-18(23)14-5-3-8-17(11-14)26(24,25)22(2)16-7-4-6-15(19)12-16;/h3-8,11-13H,9-10,20H2,1-2H3,(H,21,23);1H. The molecule has 0 saturated carbocycles. The third-order valence-electron chi connectivity index (χ3n) is 3.81. The quantitative estimate of drug-likeness (QED) is 0.704. The van der Waals surface area contributed by atoms with Gasteiger partial charge in [-0.05, 0) is 49.7 Å². The lowest BCUT2D eigenvalue weighted by molar-refractivity contribution is 0.0952. The summed E-state index contributed by atoms with van der Waals surface area (Å²) in [7, 11) is -2.38. The first-order chi connectivity index (χ1) is 12.2. The van der Waals surface area contributed by atoms with Crippen molar-refractivity contribution < 1.29 is 13.2 Å². The summed E-state index contributed by atoms with van der Waals surface area (Å²) in [5.74, 6) is -0.340. The van der Waals surface area contributed by atoms with Crippen LogP contribution in [-0.2, 0) is 10.0 Å². The highest BCUT2D eigenvalue weighted by Crippen LogP contribution is 2.25. The van der Waals surface area contributed by atoms with Crippen LogP contribution >= 0.6 is 24.0 Å². The molecule has 1 atom stereocenters. The Labute approximate surface area is 171 Å². The zero-order valence-electron chi connectivity index (χ0n) is 15.1. The van der Waals surface area contributed by atoms with Gasteiger partial charge >= 0.3 is 0 Å². The van der Waals surface area contributed by atoms with Gasteiger partial charge in [-0.2, -0.15) is 0 Å². The molecule has 0 spiro atoms. The highest BCUT2D eigenvalue weighted by molar-refractivity contribution is 7.92. The first kappa shape index (κ1) is 23.2. The van der Waals surface area contributed by atoms with Gasteiger partial charge < -0.3 is 11.1 Å². The number of halogens is 2. The number of benzene rings is 2. The molecule has 1 unspecified atom stereocenters. The van der Waals surface area contributed by atoms with E-state index in [9.17, 15) is 13.2 Å². The van der Waals surface area contributed by atoms with Gasteiger partial charge in [-0.25, -0.2) is 8.42 Å². The molecular formula is C18H23Cl2N3O3S. The summed E-state index contributed by atoms with van der Waals surface area (Å²) in [5, 5.41) is 3.17. The molecule has 0 aliphatic rings. The van der Waals surface area contributed by atoms with Crippen LogP contribution in [0, 0.1) is 0 Å². The van der Waals surface area contributed by atoms with Crippen LogP contribution in [0.4, 0.5) is 5.69 Å². The summed E-state index contributed by atoms with van der Waals surface area (Å²) in [6.07, 6.45) is 0.640. The van der Waals surface area contributed by atoms with Gasteiger partial charge in [0.15, 0.2) is 0 Å². The maximum absolute atomic E-state index is 12.9. The molecule has 0 fully saturated rings. The fraction of sp³-hybridized carbons (Fsp3) is 0.278. The van der Waals surface area contributed by atoms with Gasteiger partial charge in [0.25, 0.3) is 15.9 Å².